The van der Waals surface area contributed by atoms with E-state index in [2.05, 4.69) is 26.2 Å². The van der Waals surface area contributed by atoms with Gasteiger partial charge in [0.1, 0.15) is 16.9 Å². The van der Waals surface area contributed by atoms with E-state index >= 15 is 0 Å². The van der Waals surface area contributed by atoms with E-state index in [1.165, 1.54) is 6.07 Å². The number of imidazole rings is 1. The number of alkyl carbamates (subject to hydrolysis) is 1. The van der Waals surface area contributed by atoms with Crippen molar-refractivity contribution in [3.63, 3.8) is 0 Å². The summed E-state index contributed by atoms with van der Waals surface area (Å²) in [6.45, 7) is 13.0. The number of amides is 1. The number of aromatic nitrogens is 2. The van der Waals surface area contributed by atoms with Crippen LogP contribution in [0.2, 0.25) is 0 Å². The maximum absolute atomic E-state index is 14.4. The molecule has 25 heavy (non-hydrogen) atoms. The van der Waals surface area contributed by atoms with Crippen LogP contribution in [-0.4, -0.2) is 21.2 Å². The molecular formula is C18H25BrFN3O2. The van der Waals surface area contributed by atoms with Gasteiger partial charge in [-0.15, -0.1) is 0 Å². The molecule has 0 saturated heterocycles. The summed E-state index contributed by atoms with van der Waals surface area (Å²) in [5.41, 5.74) is -0.484. The molecule has 0 bridgehead atoms. The van der Waals surface area contributed by atoms with Gasteiger partial charge in [0, 0.05) is 10.5 Å². The van der Waals surface area contributed by atoms with Crippen LogP contribution in [0, 0.1) is 5.82 Å². The largest absolute Gasteiger partial charge is 0.444 e. The van der Waals surface area contributed by atoms with Crippen molar-refractivity contribution >= 4 is 33.1 Å². The normalized spacial score (nSPS) is 12.7. The van der Waals surface area contributed by atoms with E-state index in [1.54, 1.807) is 20.8 Å². The van der Waals surface area contributed by atoms with Crippen molar-refractivity contribution in [1.29, 1.82) is 0 Å². The van der Waals surface area contributed by atoms with Crippen LogP contribution in [0.4, 0.5) is 9.18 Å². The second kappa shape index (κ2) is 6.59. The number of fused-ring (bicyclic) bond motifs is 1. The lowest BCUT2D eigenvalue weighted by Gasteiger charge is -2.29. The lowest BCUT2D eigenvalue weighted by Crippen LogP contribution is -2.45. The first-order valence-corrected chi connectivity index (χ1v) is 9.00. The summed E-state index contributed by atoms with van der Waals surface area (Å²) >= 11 is 3.33. The summed E-state index contributed by atoms with van der Waals surface area (Å²) in [6, 6.07) is 3.25. The molecule has 5 nitrogen and oxygen atoms in total. The average molecular weight is 414 g/mol. The van der Waals surface area contributed by atoms with Crippen LogP contribution in [0.3, 0.4) is 0 Å². The Morgan fingerprint density at radius 1 is 1.28 bits per heavy atom. The lowest BCUT2D eigenvalue weighted by molar-refractivity contribution is 0.0464. The summed E-state index contributed by atoms with van der Waals surface area (Å²) in [6.07, 6.45) is -0.540. The molecule has 0 atom stereocenters. The van der Waals surface area contributed by atoms with E-state index in [9.17, 15) is 9.18 Å². The third kappa shape index (κ3) is 4.32. The van der Waals surface area contributed by atoms with Crippen LogP contribution < -0.4 is 5.32 Å². The zero-order valence-electron chi connectivity index (χ0n) is 15.7. The van der Waals surface area contributed by atoms with Gasteiger partial charge in [0.2, 0.25) is 0 Å². The van der Waals surface area contributed by atoms with Crippen molar-refractivity contribution < 1.29 is 13.9 Å². The van der Waals surface area contributed by atoms with Gasteiger partial charge in [-0.2, -0.15) is 0 Å². The smallest absolute Gasteiger partial charge is 0.408 e. The minimum atomic E-state index is -0.843. The molecule has 1 N–H and O–H groups in total. The molecule has 0 aliphatic heterocycles. The number of hydrogen-bond donors (Lipinski definition) is 1. The van der Waals surface area contributed by atoms with Gasteiger partial charge in [-0.1, -0.05) is 15.9 Å². The second-order valence-corrected chi connectivity index (χ2v) is 8.82. The number of nitrogens with zero attached hydrogens (tertiary/aromatic N) is 2. The van der Waals surface area contributed by atoms with E-state index in [1.807, 2.05) is 38.3 Å². The van der Waals surface area contributed by atoms with Crippen molar-refractivity contribution in [2.24, 2.45) is 0 Å². The predicted octanol–water partition coefficient (Wildman–Crippen LogP) is 5.28. The number of carbonyl (C=O) groups excluding carboxylic acids is 1. The fourth-order valence-electron chi connectivity index (χ4n) is 2.70. The minimum absolute atomic E-state index is 0.0356. The zero-order chi connectivity index (χ0) is 19.2. The third-order valence-corrected chi connectivity index (χ3v) is 4.06. The monoisotopic (exact) mass is 413 g/mol. The van der Waals surface area contributed by atoms with Gasteiger partial charge >= 0.3 is 6.09 Å². The summed E-state index contributed by atoms with van der Waals surface area (Å²) in [7, 11) is 0. The molecule has 2 rings (SSSR count). The maximum atomic E-state index is 14.4. The number of benzene rings is 1. The van der Waals surface area contributed by atoms with Crippen molar-refractivity contribution in [2.45, 2.75) is 65.6 Å². The molecule has 1 heterocycles. The Bertz CT molecular complexity index is 807. The van der Waals surface area contributed by atoms with Crippen LogP contribution in [0.25, 0.3) is 11.0 Å². The Morgan fingerprint density at radius 3 is 2.40 bits per heavy atom. The predicted molar refractivity (Wildman–Crippen MR) is 100 cm³/mol. The summed E-state index contributed by atoms with van der Waals surface area (Å²) in [5, 5.41) is 2.84. The number of ether oxygens (including phenoxy) is 1. The van der Waals surface area contributed by atoms with Gasteiger partial charge in [-0.25, -0.2) is 14.2 Å². The number of carbonyl (C=O) groups is 1. The van der Waals surface area contributed by atoms with E-state index < -0.39 is 23.1 Å². The highest BCUT2D eigenvalue weighted by Gasteiger charge is 2.32. The SMILES string of the molecule is CC(C)n1c(C(C)(C)NC(=O)OC(C)(C)C)nc2c(F)cc(Br)cc21. The van der Waals surface area contributed by atoms with Crippen LogP contribution in [0.5, 0.6) is 0 Å². The summed E-state index contributed by atoms with van der Waals surface area (Å²) in [5.74, 6) is 0.165. The molecular weight excluding hydrogens is 389 g/mol. The van der Waals surface area contributed by atoms with Crippen LogP contribution >= 0.6 is 15.9 Å². The molecule has 0 unspecified atom stereocenters. The summed E-state index contributed by atoms with van der Waals surface area (Å²) in [4.78, 5) is 16.7. The lowest BCUT2D eigenvalue weighted by atomic mass is 10.0. The molecule has 0 spiro atoms. The fraction of sp³-hybridized carbons (Fsp3) is 0.556. The molecule has 1 amide bonds. The zero-order valence-corrected chi connectivity index (χ0v) is 17.3. The Morgan fingerprint density at radius 2 is 1.88 bits per heavy atom. The van der Waals surface area contributed by atoms with Crippen LogP contribution in [-0.2, 0) is 10.3 Å². The minimum Gasteiger partial charge on any atom is -0.444 e. The topological polar surface area (TPSA) is 56.2 Å². The van der Waals surface area contributed by atoms with Crippen molar-refractivity contribution in [1.82, 2.24) is 14.9 Å². The van der Waals surface area contributed by atoms with Gasteiger partial charge in [0.15, 0.2) is 5.82 Å². The number of hydrogen-bond acceptors (Lipinski definition) is 3. The fourth-order valence-corrected chi connectivity index (χ4v) is 3.12. The molecule has 138 valence electrons. The molecule has 0 fully saturated rings. The Kier molecular flexibility index (Phi) is 5.19. The van der Waals surface area contributed by atoms with E-state index in [-0.39, 0.29) is 11.6 Å². The number of nitrogens with one attached hydrogen (secondary N) is 1. The molecule has 0 aliphatic rings. The van der Waals surface area contributed by atoms with Gasteiger partial charge < -0.3 is 14.6 Å². The first kappa shape index (κ1) is 19.7. The standard InChI is InChI=1S/C18H25BrFN3O2/c1-10(2)23-13-9-11(19)8-12(20)14(13)21-15(23)18(6,7)22-16(24)25-17(3,4)5/h8-10H,1-7H3,(H,22,24). The van der Waals surface area contributed by atoms with Gasteiger partial charge in [0.05, 0.1) is 11.1 Å². The van der Waals surface area contributed by atoms with Gasteiger partial charge in [0.25, 0.3) is 0 Å². The quantitative estimate of drug-likeness (QED) is 0.744. The molecule has 7 heteroatoms. The highest BCUT2D eigenvalue weighted by atomic mass is 79.9. The molecule has 0 aliphatic carbocycles. The molecule has 0 saturated carbocycles. The Hall–Kier alpha value is -1.63. The van der Waals surface area contributed by atoms with Crippen LogP contribution in [0.15, 0.2) is 16.6 Å². The first-order chi connectivity index (χ1) is 11.3. The maximum Gasteiger partial charge on any atom is 0.408 e. The van der Waals surface area contributed by atoms with Crippen LogP contribution in [0.1, 0.15) is 60.3 Å². The molecule has 0 radical (unpaired) electrons. The third-order valence-electron chi connectivity index (χ3n) is 3.60. The van der Waals surface area contributed by atoms with Crippen molar-refractivity contribution in [2.75, 3.05) is 0 Å². The number of rotatable bonds is 3. The average Bonchev–Trinajstić information content (AvgIpc) is 2.75. The van der Waals surface area contributed by atoms with E-state index in [4.69, 9.17) is 4.74 Å². The van der Waals surface area contributed by atoms with E-state index in [0.717, 1.165) is 0 Å². The van der Waals surface area contributed by atoms with Crippen molar-refractivity contribution in [3.8, 4) is 0 Å². The highest BCUT2D eigenvalue weighted by Crippen LogP contribution is 2.31. The van der Waals surface area contributed by atoms with Gasteiger partial charge in [-0.05, 0) is 60.6 Å². The Labute approximate surface area is 156 Å². The van der Waals surface area contributed by atoms with Gasteiger partial charge in [-0.3, -0.25) is 0 Å². The molecule has 2 aromatic rings. The molecule has 1 aromatic carbocycles. The van der Waals surface area contributed by atoms with Crippen molar-refractivity contribution in [3.05, 3.63) is 28.2 Å². The Balaban J connectivity index is 2.53. The molecule has 1 aromatic heterocycles. The summed E-state index contributed by atoms with van der Waals surface area (Å²) < 4.78 is 22.3. The second-order valence-electron chi connectivity index (χ2n) is 7.91. The first-order valence-electron chi connectivity index (χ1n) is 8.20. The van der Waals surface area contributed by atoms with E-state index in [0.29, 0.717) is 15.8 Å². The number of halogens is 2. The highest BCUT2D eigenvalue weighted by molar-refractivity contribution is 9.10.